The van der Waals surface area contributed by atoms with Crippen LogP contribution in [0.4, 0.5) is 11.5 Å². The first kappa shape index (κ1) is 27.5. The summed E-state index contributed by atoms with van der Waals surface area (Å²) in [5.74, 6) is -0.353. The summed E-state index contributed by atoms with van der Waals surface area (Å²) < 4.78 is 32.8. The van der Waals surface area contributed by atoms with Crippen molar-refractivity contribution in [2.24, 2.45) is 0 Å². The Bertz CT molecular complexity index is 1500. The third-order valence-corrected chi connectivity index (χ3v) is 8.14. The number of amides is 2. The van der Waals surface area contributed by atoms with Gasteiger partial charge in [-0.2, -0.15) is 0 Å². The number of benzene rings is 2. The first-order valence-corrected chi connectivity index (χ1v) is 14.0. The minimum atomic E-state index is -3.92. The van der Waals surface area contributed by atoms with Gasteiger partial charge in [-0.05, 0) is 54.1 Å². The van der Waals surface area contributed by atoms with Gasteiger partial charge < -0.3 is 10.1 Å². The Morgan fingerprint density at radius 1 is 1.11 bits per heavy atom. The largest absolute Gasteiger partial charge is 0.480 e. The van der Waals surface area contributed by atoms with Crippen LogP contribution in [0.3, 0.4) is 0 Å². The molecule has 0 atom stereocenters. The number of nitrogens with one attached hydrogen (secondary N) is 2. The van der Waals surface area contributed by atoms with Gasteiger partial charge in [0.05, 0.1) is 16.9 Å². The van der Waals surface area contributed by atoms with E-state index in [1.54, 1.807) is 30.3 Å². The Kier molecular flexibility index (Phi) is 8.62. The van der Waals surface area contributed by atoms with Gasteiger partial charge in [-0.1, -0.05) is 47.7 Å². The first-order valence-electron chi connectivity index (χ1n) is 11.0. The number of aromatic nitrogens is 2. The maximum atomic E-state index is 12.8. The fraction of sp³-hybridized carbons (Fsp3) is 0.125. The minimum Gasteiger partial charge on any atom is -0.480 e. The Morgan fingerprint density at radius 2 is 1.82 bits per heavy atom. The molecule has 0 unspecified atom stereocenters. The van der Waals surface area contributed by atoms with Crippen molar-refractivity contribution in [1.82, 2.24) is 15.1 Å². The summed E-state index contributed by atoms with van der Waals surface area (Å²) in [7, 11) is -2.50. The molecule has 3 aromatic rings. The second kappa shape index (κ2) is 11.9. The van der Waals surface area contributed by atoms with Crippen molar-refractivity contribution in [3.8, 4) is 5.88 Å². The Morgan fingerprint density at radius 3 is 2.45 bits per heavy atom. The van der Waals surface area contributed by atoms with Crippen LogP contribution < -0.4 is 14.8 Å². The SMILES string of the molecule is COc1ccc(NS(=O)(=O)c2ccc(NC(=O)CCN3C(=O)C(=Cc4ccc(Cl)cc4)SC3=S)cc2)nn1. The molecule has 0 aliphatic carbocycles. The Hall–Kier alpha value is -3.52. The van der Waals surface area contributed by atoms with Gasteiger partial charge in [0.25, 0.3) is 15.9 Å². The number of halogens is 1. The van der Waals surface area contributed by atoms with Crippen molar-refractivity contribution in [2.45, 2.75) is 11.3 Å². The van der Waals surface area contributed by atoms with Gasteiger partial charge in [-0.25, -0.2) is 8.42 Å². The van der Waals surface area contributed by atoms with E-state index in [-0.39, 0.29) is 41.4 Å². The van der Waals surface area contributed by atoms with Crippen LogP contribution in [-0.4, -0.2) is 53.3 Å². The summed E-state index contributed by atoms with van der Waals surface area (Å²) in [4.78, 5) is 27.1. The highest BCUT2D eigenvalue weighted by atomic mass is 35.5. The molecule has 196 valence electrons. The molecule has 14 heteroatoms. The van der Waals surface area contributed by atoms with E-state index in [2.05, 4.69) is 20.2 Å². The van der Waals surface area contributed by atoms with E-state index < -0.39 is 10.0 Å². The Balaban J connectivity index is 1.31. The number of nitrogens with zero attached hydrogens (tertiary/aromatic N) is 3. The number of methoxy groups -OCH3 is 1. The standard InChI is InChI=1S/C24H20ClN5O5S3/c1-35-22-11-10-20(27-28-22)29-38(33,34)18-8-6-17(7-9-18)26-21(31)12-13-30-23(32)19(37-24(30)36)14-15-2-4-16(25)5-3-15/h2-11,14H,12-13H2,1H3,(H,26,31)(H,27,29). The molecule has 2 heterocycles. The molecule has 1 aliphatic heterocycles. The van der Waals surface area contributed by atoms with Crippen LogP contribution in [0.2, 0.25) is 5.02 Å². The number of hydrogen-bond acceptors (Lipinski definition) is 9. The number of sulfonamides is 1. The van der Waals surface area contributed by atoms with E-state index in [1.807, 2.05) is 0 Å². The normalized spacial score (nSPS) is 14.6. The lowest BCUT2D eigenvalue weighted by Crippen LogP contribution is -2.31. The molecule has 2 N–H and O–H groups in total. The van der Waals surface area contributed by atoms with Crippen molar-refractivity contribution in [3.05, 3.63) is 76.2 Å². The molecule has 4 rings (SSSR count). The third kappa shape index (κ3) is 6.86. The van der Waals surface area contributed by atoms with Crippen molar-refractivity contribution in [2.75, 3.05) is 23.7 Å². The quantitative estimate of drug-likeness (QED) is 0.279. The zero-order valence-electron chi connectivity index (χ0n) is 19.8. The molecule has 0 spiro atoms. The number of hydrogen-bond donors (Lipinski definition) is 2. The second-order valence-corrected chi connectivity index (χ2v) is 11.6. The lowest BCUT2D eigenvalue weighted by molar-refractivity contribution is -0.122. The van der Waals surface area contributed by atoms with E-state index in [0.29, 0.717) is 19.9 Å². The van der Waals surface area contributed by atoms with Crippen LogP contribution in [0.25, 0.3) is 6.08 Å². The van der Waals surface area contributed by atoms with Gasteiger partial charge in [0.15, 0.2) is 5.82 Å². The molecule has 0 radical (unpaired) electrons. The Labute approximate surface area is 233 Å². The molecule has 0 saturated carbocycles. The maximum Gasteiger partial charge on any atom is 0.266 e. The number of ether oxygens (including phenoxy) is 1. The fourth-order valence-corrected chi connectivity index (χ4v) is 5.67. The third-order valence-electron chi connectivity index (χ3n) is 5.14. The van der Waals surface area contributed by atoms with Gasteiger partial charge in [0, 0.05) is 29.7 Å². The second-order valence-electron chi connectivity index (χ2n) is 7.77. The monoisotopic (exact) mass is 589 g/mol. The predicted octanol–water partition coefficient (Wildman–Crippen LogP) is 4.17. The highest BCUT2D eigenvalue weighted by Gasteiger charge is 2.32. The summed E-state index contributed by atoms with van der Waals surface area (Å²) in [6.07, 6.45) is 1.72. The molecule has 1 aliphatic rings. The lowest BCUT2D eigenvalue weighted by atomic mass is 10.2. The molecular formula is C24H20ClN5O5S3. The number of carbonyl (C=O) groups is 2. The summed E-state index contributed by atoms with van der Waals surface area (Å²) in [5, 5.41) is 10.7. The first-order chi connectivity index (χ1) is 18.1. The van der Waals surface area contributed by atoms with Crippen LogP contribution in [0.1, 0.15) is 12.0 Å². The van der Waals surface area contributed by atoms with Crippen molar-refractivity contribution < 1.29 is 22.7 Å². The highest BCUT2D eigenvalue weighted by molar-refractivity contribution is 8.26. The summed E-state index contributed by atoms with van der Waals surface area (Å²) in [6.45, 7) is 0.105. The van der Waals surface area contributed by atoms with Crippen LogP contribution in [0, 0.1) is 0 Å². The van der Waals surface area contributed by atoms with Gasteiger partial charge in [-0.3, -0.25) is 19.2 Å². The molecule has 38 heavy (non-hydrogen) atoms. The smallest absolute Gasteiger partial charge is 0.266 e. The topological polar surface area (TPSA) is 131 Å². The zero-order valence-corrected chi connectivity index (χ0v) is 23.0. The average Bonchev–Trinajstić information content (AvgIpc) is 3.16. The number of thioether (sulfide) groups is 1. The van der Waals surface area contributed by atoms with E-state index in [1.165, 1.54) is 60.2 Å². The van der Waals surface area contributed by atoms with Gasteiger partial charge in [0.2, 0.25) is 11.8 Å². The number of carbonyl (C=O) groups excluding carboxylic acids is 2. The van der Waals surface area contributed by atoms with Crippen LogP contribution in [0.15, 0.2) is 70.5 Å². The van der Waals surface area contributed by atoms with Gasteiger partial charge in [0.1, 0.15) is 4.32 Å². The van der Waals surface area contributed by atoms with E-state index in [9.17, 15) is 18.0 Å². The molecule has 10 nitrogen and oxygen atoms in total. The van der Waals surface area contributed by atoms with Crippen LogP contribution in [-0.2, 0) is 19.6 Å². The van der Waals surface area contributed by atoms with Gasteiger partial charge >= 0.3 is 0 Å². The number of rotatable bonds is 9. The molecular weight excluding hydrogens is 570 g/mol. The van der Waals surface area contributed by atoms with E-state index in [4.69, 9.17) is 28.6 Å². The van der Waals surface area contributed by atoms with Gasteiger partial charge in [-0.15, -0.1) is 10.2 Å². The van der Waals surface area contributed by atoms with E-state index in [0.717, 1.165) is 5.56 Å². The predicted molar refractivity (Wildman–Crippen MR) is 150 cm³/mol. The fourth-order valence-electron chi connectivity index (χ4n) is 3.24. The molecule has 1 saturated heterocycles. The summed E-state index contributed by atoms with van der Waals surface area (Å²) >= 11 is 12.4. The summed E-state index contributed by atoms with van der Waals surface area (Å²) in [6, 6.07) is 15.5. The molecule has 1 aromatic heterocycles. The maximum absolute atomic E-state index is 12.8. The lowest BCUT2D eigenvalue weighted by Gasteiger charge is -2.14. The highest BCUT2D eigenvalue weighted by Crippen LogP contribution is 2.32. The molecule has 2 aromatic carbocycles. The van der Waals surface area contributed by atoms with Crippen molar-refractivity contribution in [1.29, 1.82) is 0 Å². The van der Waals surface area contributed by atoms with Crippen molar-refractivity contribution in [3.63, 3.8) is 0 Å². The van der Waals surface area contributed by atoms with Crippen LogP contribution in [0.5, 0.6) is 5.88 Å². The molecule has 1 fully saturated rings. The average molecular weight is 590 g/mol. The molecule has 0 bridgehead atoms. The number of thiocarbonyl (C=S) groups is 1. The van der Waals surface area contributed by atoms with Crippen LogP contribution >= 0.6 is 35.6 Å². The summed E-state index contributed by atoms with van der Waals surface area (Å²) in [5.41, 5.74) is 1.21. The minimum absolute atomic E-state index is 0.00158. The van der Waals surface area contributed by atoms with E-state index >= 15 is 0 Å². The molecule has 2 amide bonds. The van der Waals surface area contributed by atoms with Crippen molar-refractivity contribution >= 4 is 79.3 Å². The zero-order chi connectivity index (χ0) is 27.3. The number of anilines is 2.